The van der Waals surface area contributed by atoms with Crippen LogP contribution in [-0.2, 0) is 37.9 Å². The van der Waals surface area contributed by atoms with Crippen molar-refractivity contribution in [1.82, 2.24) is 0 Å². The molecule has 5 rings (SSSR count). The van der Waals surface area contributed by atoms with Crippen molar-refractivity contribution in [3.05, 3.63) is 35.9 Å². The van der Waals surface area contributed by atoms with Crippen LogP contribution in [0.2, 0.25) is 0 Å². The maximum atomic E-state index is 13.0. The van der Waals surface area contributed by atoms with E-state index in [2.05, 4.69) is 0 Å². The molecule has 9 heteroatoms. The standard InChI is InChI=1S/C25H34O9/c1-23(2)30-17-16(29-22(26)15-9-7-6-8-10-15)18-20(33-24(3,4)31-18)21(19(17)32-23)34-25(27-5)11-13-28-14-12-25/h6-10,16-21H,11-14H2,1-5H3/t16?,17-,18+,19-,20+,21?. The van der Waals surface area contributed by atoms with E-state index in [1.807, 2.05) is 33.8 Å². The fourth-order valence-corrected chi connectivity index (χ4v) is 5.36. The van der Waals surface area contributed by atoms with Crippen molar-refractivity contribution in [2.24, 2.45) is 0 Å². The fraction of sp³-hybridized carbons (Fsp3) is 0.720. The van der Waals surface area contributed by atoms with Crippen molar-refractivity contribution in [2.75, 3.05) is 20.3 Å². The number of hydrogen-bond acceptors (Lipinski definition) is 9. The van der Waals surface area contributed by atoms with E-state index in [0.717, 1.165) is 0 Å². The van der Waals surface area contributed by atoms with Crippen molar-refractivity contribution in [2.45, 2.75) is 94.5 Å². The normalized spacial score (nSPS) is 37.6. The molecule has 1 aromatic rings. The van der Waals surface area contributed by atoms with Crippen LogP contribution in [0.25, 0.3) is 0 Å². The zero-order valence-corrected chi connectivity index (χ0v) is 20.4. The Balaban J connectivity index is 1.48. The van der Waals surface area contributed by atoms with Gasteiger partial charge in [0, 0.05) is 20.0 Å². The molecule has 0 spiro atoms. The lowest BCUT2D eigenvalue weighted by Crippen LogP contribution is -2.65. The monoisotopic (exact) mass is 478 g/mol. The van der Waals surface area contributed by atoms with E-state index in [9.17, 15) is 4.79 Å². The van der Waals surface area contributed by atoms with E-state index >= 15 is 0 Å². The first-order valence-corrected chi connectivity index (χ1v) is 11.9. The molecule has 0 N–H and O–H groups in total. The third kappa shape index (κ3) is 4.51. The summed E-state index contributed by atoms with van der Waals surface area (Å²) in [6.07, 6.45) is -2.50. The van der Waals surface area contributed by atoms with Gasteiger partial charge < -0.3 is 37.9 Å². The smallest absolute Gasteiger partial charge is 0.338 e. The average molecular weight is 479 g/mol. The maximum Gasteiger partial charge on any atom is 0.338 e. The average Bonchev–Trinajstić information content (AvgIpc) is 3.31. The van der Waals surface area contributed by atoms with Gasteiger partial charge in [-0.3, -0.25) is 0 Å². The van der Waals surface area contributed by atoms with Crippen LogP contribution in [-0.4, -0.2) is 80.3 Å². The summed E-state index contributed by atoms with van der Waals surface area (Å²) in [6.45, 7) is 8.40. The molecule has 188 valence electrons. The molecule has 34 heavy (non-hydrogen) atoms. The summed E-state index contributed by atoms with van der Waals surface area (Å²) in [4.78, 5) is 13.0. The Morgan fingerprint density at radius 1 is 0.824 bits per heavy atom. The molecule has 1 aromatic carbocycles. The molecule has 6 atom stereocenters. The van der Waals surface area contributed by atoms with Gasteiger partial charge in [-0.1, -0.05) is 18.2 Å². The Morgan fingerprint density at radius 2 is 1.32 bits per heavy atom. The minimum atomic E-state index is -0.904. The lowest BCUT2D eigenvalue weighted by atomic mass is 9.84. The Kier molecular flexibility index (Phi) is 6.25. The van der Waals surface area contributed by atoms with Crippen LogP contribution in [0, 0.1) is 0 Å². The quantitative estimate of drug-likeness (QED) is 0.468. The zero-order chi connectivity index (χ0) is 24.1. The van der Waals surface area contributed by atoms with Crippen molar-refractivity contribution >= 4 is 5.97 Å². The van der Waals surface area contributed by atoms with E-state index in [1.54, 1.807) is 31.4 Å². The summed E-state index contributed by atoms with van der Waals surface area (Å²) in [6, 6.07) is 8.86. The summed E-state index contributed by atoms with van der Waals surface area (Å²) in [7, 11) is 1.64. The van der Waals surface area contributed by atoms with E-state index in [4.69, 9.17) is 37.9 Å². The van der Waals surface area contributed by atoms with E-state index in [-0.39, 0.29) is 0 Å². The SMILES string of the molecule is COC1(OC2[C@H]3OC(C)(C)O[C@H]3C(OC(=O)c3ccccc3)[C@H]3OC(C)(C)O[C@@H]23)CCOCC1. The highest BCUT2D eigenvalue weighted by Gasteiger charge is 2.66. The Morgan fingerprint density at radius 3 is 1.82 bits per heavy atom. The summed E-state index contributed by atoms with van der Waals surface area (Å²) < 4.78 is 49.3. The third-order valence-corrected chi connectivity index (χ3v) is 6.85. The highest BCUT2D eigenvalue weighted by molar-refractivity contribution is 5.89. The molecule has 0 amide bonds. The number of fused-ring (bicyclic) bond motifs is 2. The predicted molar refractivity (Wildman–Crippen MR) is 118 cm³/mol. The fourth-order valence-electron chi connectivity index (χ4n) is 5.36. The molecule has 1 saturated carbocycles. The highest BCUT2D eigenvalue weighted by atomic mass is 16.8. The molecular weight excluding hydrogens is 444 g/mol. The molecule has 0 radical (unpaired) electrons. The number of hydrogen-bond donors (Lipinski definition) is 0. The van der Waals surface area contributed by atoms with Crippen molar-refractivity contribution in [3.63, 3.8) is 0 Å². The van der Waals surface area contributed by atoms with Gasteiger partial charge in [-0.25, -0.2) is 4.79 Å². The van der Waals surface area contributed by atoms with Crippen molar-refractivity contribution in [1.29, 1.82) is 0 Å². The molecule has 3 aliphatic heterocycles. The summed E-state index contributed by atoms with van der Waals surface area (Å²) in [5, 5.41) is 0. The molecule has 2 unspecified atom stereocenters. The first kappa shape index (κ1) is 24.1. The molecule has 9 nitrogen and oxygen atoms in total. The van der Waals surface area contributed by atoms with E-state index in [0.29, 0.717) is 31.6 Å². The molecule has 4 fully saturated rings. The van der Waals surface area contributed by atoms with E-state index in [1.165, 1.54) is 0 Å². The van der Waals surface area contributed by atoms with Gasteiger partial charge in [0.2, 0.25) is 0 Å². The largest absolute Gasteiger partial charge is 0.453 e. The van der Waals surface area contributed by atoms with Gasteiger partial charge >= 0.3 is 5.97 Å². The van der Waals surface area contributed by atoms with Crippen LogP contribution in [0.5, 0.6) is 0 Å². The van der Waals surface area contributed by atoms with Gasteiger partial charge in [0.05, 0.1) is 18.8 Å². The van der Waals surface area contributed by atoms with Crippen LogP contribution in [0.15, 0.2) is 30.3 Å². The second-order valence-corrected chi connectivity index (χ2v) is 10.2. The number of esters is 1. The summed E-state index contributed by atoms with van der Waals surface area (Å²) in [5.41, 5.74) is 0.450. The van der Waals surface area contributed by atoms with Crippen LogP contribution in [0.1, 0.15) is 50.9 Å². The molecule has 3 saturated heterocycles. The van der Waals surface area contributed by atoms with Crippen molar-refractivity contribution in [3.8, 4) is 0 Å². The highest BCUT2D eigenvalue weighted by Crippen LogP contribution is 2.48. The summed E-state index contributed by atoms with van der Waals surface area (Å²) in [5.74, 6) is -3.10. The molecule has 3 heterocycles. The number of carbonyl (C=O) groups is 1. The third-order valence-electron chi connectivity index (χ3n) is 6.85. The topological polar surface area (TPSA) is 90.9 Å². The number of ether oxygens (including phenoxy) is 8. The minimum Gasteiger partial charge on any atom is -0.453 e. The van der Waals surface area contributed by atoms with Crippen LogP contribution >= 0.6 is 0 Å². The van der Waals surface area contributed by atoms with Gasteiger partial charge in [0.15, 0.2) is 23.5 Å². The summed E-state index contributed by atoms with van der Waals surface area (Å²) >= 11 is 0. The number of methoxy groups -OCH3 is 1. The van der Waals surface area contributed by atoms with Crippen molar-refractivity contribution < 1.29 is 42.7 Å². The lowest BCUT2D eigenvalue weighted by molar-refractivity contribution is -0.313. The molecular formula is C25H34O9. The first-order valence-electron chi connectivity index (χ1n) is 11.9. The van der Waals surface area contributed by atoms with Gasteiger partial charge in [-0.15, -0.1) is 0 Å². The first-order chi connectivity index (χ1) is 16.1. The number of carbonyl (C=O) groups excluding carboxylic acids is 1. The van der Waals surface area contributed by atoms with Gasteiger partial charge in [0.25, 0.3) is 0 Å². The van der Waals surface area contributed by atoms with Gasteiger partial charge in [-0.2, -0.15) is 0 Å². The molecule has 0 bridgehead atoms. The second-order valence-electron chi connectivity index (χ2n) is 10.2. The van der Waals surface area contributed by atoms with Crippen LogP contribution in [0.3, 0.4) is 0 Å². The van der Waals surface area contributed by atoms with Gasteiger partial charge in [-0.05, 0) is 39.8 Å². The second kappa shape index (κ2) is 8.81. The number of rotatable bonds is 5. The van der Waals surface area contributed by atoms with Gasteiger partial charge in [0.1, 0.15) is 30.5 Å². The number of benzene rings is 1. The lowest BCUT2D eigenvalue weighted by Gasteiger charge is -2.46. The molecule has 4 aliphatic rings. The predicted octanol–water partition coefficient (Wildman–Crippen LogP) is 2.80. The maximum absolute atomic E-state index is 13.0. The zero-order valence-electron chi connectivity index (χ0n) is 20.4. The minimum absolute atomic E-state index is 0.450. The van der Waals surface area contributed by atoms with Crippen LogP contribution < -0.4 is 0 Å². The Bertz CT molecular complexity index is 848. The molecule has 1 aliphatic carbocycles. The Hall–Kier alpha value is -1.59. The molecule has 0 aromatic heterocycles. The van der Waals surface area contributed by atoms with E-state index < -0.39 is 60.0 Å². The van der Waals surface area contributed by atoms with Crippen LogP contribution in [0.4, 0.5) is 0 Å². The Labute approximate surface area is 199 Å².